The van der Waals surface area contributed by atoms with E-state index in [2.05, 4.69) is 73.2 Å². The average Bonchev–Trinajstić information content (AvgIpc) is 2.39. The van der Waals surface area contributed by atoms with Crippen LogP contribution in [0.25, 0.3) is 0 Å². The smallest absolute Gasteiger partial charge is 0.0579 e. The minimum atomic E-state index is 0.166. The zero-order valence-electron chi connectivity index (χ0n) is 12.9. The zero-order chi connectivity index (χ0) is 15.6. The SMILES string of the molecule is CCNC(c1cc(C)cc(Cl)c1)c1cc(C)c(Br)cc1C. The molecular weight excluding hydrogens is 346 g/mol. The maximum absolute atomic E-state index is 6.24. The van der Waals surface area contributed by atoms with Crippen molar-refractivity contribution in [3.8, 4) is 0 Å². The maximum atomic E-state index is 6.24. The molecule has 0 radical (unpaired) electrons. The van der Waals surface area contributed by atoms with Crippen molar-refractivity contribution < 1.29 is 0 Å². The van der Waals surface area contributed by atoms with Crippen LogP contribution in [-0.2, 0) is 0 Å². The highest BCUT2D eigenvalue weighted by atomic mass is 79.9. The summed E-state index contributed by atoms with van der Waals surface area (Å²) in [6.07, 6.45) is 0. The van der Waals surface area contributed by atoms with Gasteiger partial charge in [0, 0.05) is 9.50 Å². The number of rotatable bonds is 4. The van der Waals surface area contributed by atoms with Crippen LogP contribution in [0.2, 0.25) is 5.02 Å². The second kappa shape index (κ2) is 6.95. The lowest BCUT2D eigenvalue weighted by atomic mass is 9.92. The fourth-order valence-electron chi connectivity index (χ4n) is 2.66. The first kappa shape index (κ1) is 16.5. The molecule has 0 aliphatic carbocycles. The van der Waals surface area contributed by atoms with Crippen LogP contribution < -0.4 is 5.32 Å². The molecule has 0 saturated heterocycles. The Labute approximate surface area is 140 Å². The van der Waals surface area contributed by atoms with E-state index >= 15 is 0 Å². The van der Waals surface area contributed by atoms with Gasteiger partial charge >= 0.3 is 0 Å². The molecule has 1 unspecified atom stereocenters. The van der Waals surface area contributed by atoms with Crippen molar-refractivity contribution in [2.24, 2.45) is 0 Å². The lowest BCUT2D eigenvalue weighted by Gasteiger charge is -2.22. The number of nitrogens with one attached hydrogen (secondary N) is 1. The van der Waals surface area contributed by atoms with Gasteiger partial charge < -0.3 is 5.32 Å². The molecule has 1 N–H and O–H groups in total. The third-order valence-corrected chi connectivity index (χ3v) is 4.74. The van der Waals surface area contributed by atoms with Gasteiger partial charge in [0.15, 0.2) is 0 Å². The largest absolute Gasteiger partial charge is 0.307 e. The third-order valence-electron chi connectivity index (χ3n) is 3.66. The number of hydrogen-bond donors (Lipinski definition) is 1. The average molecular weight is 367 g/mol. The molecule has 2 rings (SSSR count). The van der Waals surface area contributed by atoms with Crippen molar-refractivity contribution in [3.05, 3.63) is 67.6 Å². The van der Waals surface area contributed by atoms with E-state index in [-0.39, 0.29) is 6.04 Å². The zero-order valence-corrected chi connectivity index (χ0v) is 15.3. The van der Waals surface area contributed by atoms with Crippen molar-refractivity contribution in [2.45, 2.75) is 33.7 Å². The van der Waals surface area contributed by atoms with Gasteiger partial charge in [0.2, 0.25) is 0 Å². The lowest BCUT2D eigenvalue weighted by Crippen LogP contribution is -2.23. The summed E-state index contributed by atoms with van der Waals surface area (Å²) >= 11 is 9.85. The summed E-state index contributed by atoms with van der Waals surface area (Å²) in [5.41, 5.74) is 6.23. The predicted molar refractivity (Wildman–Crippen MR) is 95.3 cm³/mol. The minimum Gasteiger partial charge on any atom is -0.307 e. The molecular formula is C18H21BrClN. The molecule has 0 spiro atoms. The number of benzene rings is 2. The highest BCUT2D eigenvalue weighted by molar-refractivity contribution is 9.10. The molecule has 112 valence electrons. The molecule has 0 aliphatic rings. The van der Waals surface area contributed by atoms with Crippen molar-refractivity contribution in [2.75, 3.05) is 6.54 Å². The summed E-state index contributed by atoms with van der Waals surface area (Å²) < 4.78 is 1.15. The monoisotopic (exact) mass is 365 g/mol. The first-order chi connectivity index (χ1) is 9.92. The molecule has 0 bridgehead atoms. The summed E-state index contributed by atoms with van der Waals surface area (Å²) in [7, 11) is 0. The van der Waals surface area contributed by atoms with Crippen LogP contribution in [0, 0.1) is 20.8 Å². The first-order valence-electron chi connectivity index (χ1n) is 7.19. The molecule has 2 aromatic rings. The molecule has 2 aromatic carbocycles. The summed E-state index contributed by atoms with van der Waals surface area (Å²) in [6.45, 7) is 9.40. The third kappa shape index (κ3) is 3.88. The fourth-order valence-corrected chi connectivity index (χ4v) is 3.41. The first-order valence-corrected chi connectivity index (χ1v) is 8.36. The molecule has 0 aromatic heterocycles. The van der Waals surface area contributed by atoms with Crippen LogP contribution >= 0.6 is 27.5 Å². The Hall–Kier alpha value is -0.830. The van der Waals surface area contributed by atoms with Crippen LogP contribution in [0.1, 0.15) is 40.8 Å². The normalized spacial score (nSPS) is 12.5. The van der Waals surface area contributed by atoms with Gasteiger partial charge in [0.1, 0.15) is 0 Å². The molecule has 1 nitrogen and oxygen atoms in total. The van der Waals surface area contributed by atoms with Crippen molar-refractivity contribution in [1.29, 1.82) is 0 Å². The molecule has 0 saturated carbocycles. The Bertz CT molecular complexity index is 632. The van der Waals surface area contributed by atoms with Gasteiger partial charge in [0.05, 0.1) is 6.04 Å². The second-order valence-electron chi connectivity index (χ2n) is 5.51. The molecule has 0 fully saturated rings. The topological polar surface area (TPSA) is 12.0 Å². The van der Waals surface area contributed by atoms with Crippen LogP contribution in [0.4, 0.5) is 0 Å². The van der Waals surface area contributed by atoms with E-state index in [1.165, 1.54) is 27.8 Å². The molecule has 21 heavy (non-hydrogen) atoms. The van der Waals surface area contributed by atoms with Crippen molar-refractivity contribution >= 4 is 27.5 Å². The second-order valence-corrected chi connectivity index (χ2v) is 6.80. The molecule has 0 heterocycles. The van der Waals surface area contributed by atoms with E-state index in [0.29, 0.717) is 0 Å². The Balaban J connectivity index is 2.55. The number of halogens is 2. The lowest BCUT2D eigenvalue weighted by molar-refractivity contribution is 0.627. The number of aryl methyl sites for hydroxylation is 3. The Kier molecular flexibility index (Phi) is 5.48. The van der Waals surface area contributed by atoms with Gasteiger partial charge in [-0.25, -0.2) is 0 Å². The highest BCUT2D eigenvalue weighted by Crippen LogP contribution is 2.31. The summed E-state index contributed by atoms with van der Waals surface area (Å²) in [4.78, 5) is 0. The van der Waals surface area contributed by atoms with E-state index < -0.39 is 0 Å². The van der Waals surface area contributed by atoms with Crippen molar-refractivity contribution in [1.82, 2.24) is 5.32 Å². The summed E-state index contributed by atoms with van der Waals surface area (Å²) in [6, 6.07) is 10.9. The van der Waals surface area contributed by atoms with Gasteiger partial charge in [-0.1, -0.05) is 46.6 Å². The van der Waals surface area contributed by atoms with E-state index in [1.807, 2.05) is 6.07 Å². The van der Waals surface area contributed by atoms with Gasteiger partial charge in [0.25, 0.3) is 0 Å². The van der Waals surface area contributed by atoms with E-state index in [1.54, 1.807) is 0 Å². The molecule has 0 aliphatic heterocycles. The van der Waals surface area contributed by atoms with Crippen LogP contribution in [-0.4, -0.2) is 6.54 Å². The van der Waals surface area contributed by atoms with E-state index in [9.17, 15) is 0 Å². The van der Waals surface area contributed by atoms with Gasteiger partial charge in [-0.05, 0) is 73.3 Å². The molecule has 1 atom stereocenters. The standard InChI is InChI=1S/C18H21BrClN/c1-5-21-18(14-6-11(2)7-15(20)10-14)16-8-13(4)17(19)9-12(16)3/h6-10,18,21H,5H2,1-4H3. The maximum Gasteiger partial charge on any atom is 0.0579 e. The summed E-state index contributed by atoms with van der Waals surface area (Å²) in [5, 5.41) is 4.37. The van der Waals surface area contributed by atoms with Gasteiger partial charge in [-0.3, -0.25) is 0 Å². The minimum absolute atomic E-state index is 0.166. The predicted octanol–water partition coefficient (Wildman–Crippen LogP) is 5.73. The highest BCUT2D eigenvalue weighted by Gasteiger charge is 2.17. The van der Waals surface area contributed by atoms with Crippen LogP contribution in [0.5, 0.6) is 0 Å². The van der Waals surface area contributed by atoms with Gasteiger partial charge in [-0.2, -0.15) is 0 Å². The van der Waals surface area contributed by atoms with E-state index in [0.717, 1.165) is 16.0 Å². The molecule has 0 amide bonds. The van der Waals surface area contributed by atoms with E-state index in [4.69, 9.17) is 11.6 Å². The van der Waals surface area contributed by atoms with Crippen LogP contribution in [0.3, 0.4) is 0 Å². The molecule has 3 heteroatoms. The van der Waals surface area contributed by atoms with Crippen molar-refractivity contribution in [3.63, 3.8) is 0 Å². The Morgan fingerprint density at radius 3 is 2.38 bits per heavy atom. The quantitative estimate of drug-likeness (QED) is 0.729. The fraction of sp³-hybridized carbons (Fsp3) is 0.333. The summed E-state index contributed by atoms with van der Waals surface area (Å²) in [5.74, 6) is 0. The number of hydrogen-bond acceptors (Lipinski definition) is 1. The Morgan fingerprint density at radius 1 is 1.05 bits per heavy atom. The Morgan fingerprint density at radius 2 is 1.76 bits per heavy atom. The van der Waals surface area contributed by atoms with Crippen LogP contribution in [0.15, 0.2) is 34.8 Å². The van der Waals surface area contributed by atoms with Gasteiger partial charge in [-0.15, -0.1) is 0 Å².